The lowest BCUT2D eigenvalue weighted by molar-refractivity contribution is -0.113. The number of benzene rings is 3. The molecule has 156 valence electrons. The van der Waals surface area contributed by atoms with E-state index < -0.39 is 0 Å². The number of amides is 1. The van der Waals surface area contributed by atoms with Gasteiger partial charge in [0.1, 0.15) is 0 Å². The minimum atomic E-state index is -0.147. The van der Waals surface area contributed by atoms with Crippen LogP contribution in [0.25, 0.3) is 6.08 Å². The van der Waals surface area contributed by atoms with Crippen LogP contribution in [0.3, 0.4) is 0 Å². The second-order valence-electron chi connectivity index (χ2n) is 7.25. The number of ether oxygens (including phenoxy) is 1. The number of carbonyl (C=O) groups is 1. The Morgan fingerprint density at radius 2 is 1.61 bits per heavy atom. The summed E-state index contributed by atoms with van der Waals surface area (Å²) in [5, 5.41) is 10.4. The summed E-state index contributed by atoms with van der Waals surface area (Å²) in [6.07, 6.45) is 1.79. The van der Waals surface area contributed by atoms with Crippen LogP contribution in [0.5, 0.6) is 11.5 Å². The molecule has 5 nitrogen and oxygen atoms in total. The van der Waals surface area contributed by atoms with Gasteiger partial charge in [-0.1, -0.05) is 41.5 Å². The molecule has 3 aromatic rings. The summed E-state index contributed by atoms with van der Waals surface area (Å²) < 4.78 is 5.18. The minimum Gasteiger partial charge on any atom is -0.504 e. The highest BCUT2D eigenvalue weighted by Crippen LogP contribution is 2.38. The van der Waals surface area contributed by atoms with Gasteiger partial charge in [0.2, 0.25) is 0 Å². The fraction of sp³-hybridized carbons (Fsp3) is 0.120. The lowest BCUT2D eigenvalue weighted by Gasteiger charge is -2.16. The molecule has 0 saturated carbocycles. The third-order valence-electron chi connectivity index (χ3n) is 4.86. The fourth-order valence-electron chi connectivity index (χ4n) is 3.14. The maximum atomic E-state index is 13.3. The normalized spacial score (nSPS) is 16.4. The average molecular weight is 431 g/mol. The molecular formula is C25H22N2O3S. The molecule has 0 atom stereocenters. The minimum absolute atomic E-state index is 0.0537. The SMILES string of the molecule is COc1cc(C=C2SC(=Nc3ccc(C)cc3)N(c3ccc(C)cc3)C2=O)ccc1O. The van der Waals surface area contributed by atoms with E-state index in [-0.39, 0.29) is 11.7 Å². The maximum Gasteiger partial charge on any atom is 0.271 e. The highest BCUT2D eigenvalue weighted by Gasteiger charge is 2.34. The van der Waals surface area contributed by atoms with Gasteiger partial charge in [-0.3, -0.25) is 9.69 Å². The van der Waals surface area contributed by atoms with E-state index in [9.17, 15) is 9.90 Å². The van der Waals surface area contributed by atoms with Crippen LogP contribution in [0.2, 0.25) is 0 Å². The van der Waals surface area contributed by atoms with Crippen molar-refractivity contribution in [1.82, 2.24) is 0 Å². The van der Waals surface area contributed by atoms with Crippen molar-refractivity contribution < 1.29 is 14.6 Å². The third-order valence-corrected chi connectivity index (χ3v) is 5.83. The molecule has 0 aliphatic carbocycles. The zero-order valence-electron chi connectivity index (χ0n) is 17.5. The largest absolute Gasteiger partial charge is 0.504 e. The van der Waals surface area contributed by atoms with Crippen molar-refractivity contribution in [3.05, 3.63) is 88.3 Å². The summed E-state index contributed by atoms with van der Waals surface area (Å²) in [5.74, 6) is 0.262. The number of aromatic hydroxyl groups is 1. The van der Waals surface area contributed by atoms with Crippen molar-refractivity contribution in [3.63, 3.8) is 0 Å². The number of anilines is 1. The second kappa shape index (κ2) is 8.70. The van der Waals surface area contributed by atoms with Crippen LogP contribution in [0.15, 0.2) is 76.6 Å². The van der Waals surface area contributed by atoms with Crippen LogP contribution in [-0.4, -0.2) is 23.3 Å². The highest BCUT2D eigenvalue weighted by atomic mass is 32.2. The zero-order chi connectivity index (χ0) is 22.0. The average Bonchev–Trinajstić information content (AvgIpc) is 3.06. The Bertz CT molecular complexity index is 1180. The number of hydrogen-bond acceptors (Lipinski definition) is 5. The van der Waals surface area contributed by atoms with Gasteiger partial charge in [-0.25, -0.2) is 4.99 Å². The van der Waals surface area contributed by atoms with E-state index in [1.54, 1.807) is 29.2 Å². The molecule has 0 spiro atoms. The van der Waals surface area contributed by atoms with Crippen LogP contribution in [0.1, 0.15) is 16.7 Å². The number of aryl methyl sites for hydroxylation is 2. The van der Waals surface area contributed by atoms with Gasteiger partial charge in [0.25, 0.3) is 5.91 Å². The van der Waals surface area contributed by atoms with E-state index in [1.807, 2.05) is 62.4 Å². The number of carbonyl (C=O) groups excluding carboxylic acids is 1. The molecule has 1 saturated heterocycles. The summed E-state index contributed by atoms with van der Waals surface area (Å²) in [4.78, 5) is 20.3. The molecule has 1 fully saturated rings. The van der Waals surface area contributed by atoms with Crippen molar-refractivity contribution in [2.45, 2.75) is 13.8 Å². The number of nitrogens with zero attached hydrogens (tertiary/aromatic N) is 2. The monoisotopic (exact) mass is 430 g/mol. The molecule has 4 rings (SSSR count). The standard InChI is InChI=1S/C25H22N2O3S/c1-16-4-9-19(10-5-16)26-25-27(20-11-6-17(2)7-12-20)24(29)23(31-25)15-18-8-13-21(28)22(14-18)30-3/h4-15,28H,1-3H3. The number of rotatable bonds is 4. The summed E-state index contributed by atoms with van der Waals surface area (Å²) in [6.45, 7) is 4.03. The molecule has 0 bridgehead atoms. The van der Waals surface area contributed by atoms with E-state index in [1.165, 1.54) is 18.9 Å². The number of methoxy groups -OCH3 is 1. The second-order valence-corrected chi connectivity index (χ2v) is 8.26. The van der Waals surface area contributed by atoms with Crippen molar-refractivity contribution in [2.24, 2.45) is 4.99 Å². The van der Waals surface area contributed by atoms with E-state index >= 15 is 0 Å². The Morgan fingerprint density at radius 1 is 0.968 bits per heavy atom. The quantitative estimate of drug-likeness (QED) is 0.529. The molecule has 1 amide bonds. The molecule has 31 heavy (non-hydrogen) atoms. The van der Waals surface area contributed by atoms with Crippen LogP contribution >= 0.6 is 11.8 Å². The molecule has 1 aliphatic heterocycles. The number of thioether (sulfide) groups is 1. The first kappa shape index (κ1) is 20.8. The Kier molecular flexibility index (Phi) is 5.82. The molecule has 0 unspecified atom stereocenters. The lowest BCUT2D eigenvalue weighted by Crippen LogP contribution is -2.28. The molecule has 1 N–H and O–H groups in total. The summed E-state index contributed by atoms with van der Waals surface area (Å²) in [7, 11) is 1.49. The van der Waals surface area contributed by atoms with Crippen molar-refractivity contribution >= 4 is 40.3 Å². The first-order valence-electron chi connectivity index (χ1n) is 9.77. The molecule has 1 heterocycles. The highest BCUT2D eigenvalue weighted by molar-refractivity contribution is 8.19. The predicted octanol–water partition coefficient (Wildman–Crippen LogP) is 5.83. The van der Waals surface area contributed by atoms with Crippen molar-refractivity contribution in [2.75, 3.05) is 12.0 Å². The third kappa shape index (κ3) is 4.49. The Balaban J connectivity index is 1.76. The van der Waals surface area contributed by atoms with Crippen molar-refractivity contribution in [1.29, 1.82) is 0 Å². The topological polar surface area (TPSA) is 62.1 Å². The summed E-state index contributed by atoms with van der Waals surface area (Å²) in [6, 6.07) is 20.6. The molecular weight excluding hydrogens is 408 g/mol. The fourth-order valence-corrected chi connectivity index (χ4v) is 4.14. The number of aliphatic imine (C=N–C) groups is 1. The van der Waals surface area contributed by atoms with Gasteiger partial charge < -0.3 is 9.84 Å². The first-order valence-corrected chi connectivity index (χ1v) is 10.6. The number of phenols is 1. The van der Waals surface area contributed by atoms with Crippen LogP contribution in [0, 0.1) is 13.8 Å². The van der Waals surface area contributed by atoms with Gasteiger partial charge in [-0.05, 0) is 73.6 Å². The Hall–Kier alpha value is -3.51. The molecule has 0 aromatic heterocycles. The molecule has 6 heteroatoms. The molecule has 3 aromatic carbocycles. The number of amidine groups is 1. The molecule has 1 aliphatic rings. The number of hydrogen-bond donors (Lipinski definition) is 1. The Morgan fingerprint density at radius 3 is 2.26 bits per heavy atom. The van der Waals surface area contributed by atoms with E-state index in [0.717, 1.165) is 28.1 Å². The molecule has 0 radical (unpaired) electrons. The first-order chi connectivity index (χ1) is 14.9. The van der Waals surface area contributed by atoms with Gasteiger partial charge >= 0.3 is 0 Å². The zero-order valence-corrected chi connectivity index (χ0v) is 18.3. The smallest absolute Gasteiger partial charge is 0.271 e. The summed E-state index contributed by atoms with van der Waals surface area (Å²) >= 11 is 1.32. The van der Waals surface area contributed by atoms with Gasteiger partial charge in [0.05, 0.1) is 23.4 Å². The van der Waals surface area contributed by atoms with Crippen LogP contribution in [0.4, 0.5) is 11.4 Å². The van der Waals surface area contributed by atoms with Gasteiger partial charge in [-0.15, -0.1) is 0 Å². The van der Waals surface area contributed by atoms with E-state index in [2.05, 4.69) is 0 Å². The van der Waals surface area contributed by atoms with Crippen LogP contribution < -0.4 is 9.64 Å². The van der Waals surface area contributed by atoms with Crippen LogP contribution in [-0.2, 0) is 4.79 Å². The van der Waals surface area contributed by atoms with Gasteiger partial charge in [-0.2, -0.15) is 0 Å². The lowest BCUT2D eigenvalue weighted by atomic mass is 10.1. The van der Waals surface area contributed by atoms with Gasteiger partial charge in [0.15, 0.2) is 16.7 Å². The van der Waals surface area contributed by atoms with Crippen molar-refractivity contribution in [3.8, 4) is 11.5 Å². The van der Waals surface area contributed by atoms with Gasteiger partial charge in [0, 0.05) is 0 Å². The summed E-state index contributed by atoms with van der Waals surface area (Å²) in [5.41, 5.74) is 4.57. The maximum absolute atomic E-state index is 13.3. The predicted molar refractivity (Wildman–Crippen MR) is 127 cm³/mol. The Labute approximate surface area is 185 Å². The number of phenolic OH excluding ortho intramolecular Hbond substituents is 1. The van der Waals surface area contributed by atoms with E-state index in [0.29, 0.717) is 15.8 Å². The van der Waals surface area contributed by atoms with E-state index in [4.69, 9.17) is 9.73 Å².